The van der Waals surface area contributed by atoms with E-state index >= 15 is 0 Å². The Kier molecular flexibility index (Phi) is 11.5. The molecule has 0 aromatic carbocycles. The van der Waals surface area contributed by atoms with Crippen LogP contribution in [-0.2, 0) is 14.3 Å². The zero-order valence-corrected chi connectivity index (χ0v) is 17.2. The molecule has 1 atom stereocenters. The van der Waals surface area contributed by atoms with Crippen molar-refractivity contribution in [2.75, 3.05) is 32.9 Å². The van der Waals surface area contributed by atoms with E-state index in [9.17, 15) is 9.18 Å². The number of halogens is 1. The lowest BCUT2D eigenvalue weighted by Gasteiger charge is -2.29. The fourth-order valence-corrected chi connectivity index (χ4v) is 1.97. The molecule has 0 saturated carbocycles. The van der Waals surface area contributed by atoms with Crippen molar-refractivity contribution in [1.82, 2.24) is 10.6 Å². The number of ether oxygens (including phenoxy) is 2. The van der Waals surface area contributed by atoms with Crippen LogP contribution in [0.4, 0.5) is 4.39 Å². The van der Waals surface area contributed by atoms with Gasteiger partial charge in [0.15, 0.2) is 0 Å². The molecular formula is C19H39FN2O3. The molecule has 0 aromatic rings. The Balaban J connectivity index is 3.72. The zero-order valence-electron chi connectivity index (χ0n) is 17.2. The van der Waals surface area contributed by atoms with Crippen LogP contribution in [0.5, 0.6) is 0 Å². The molecule has 1 amide bonds. The van der Waals surface area contributed by atoms with Crippen LogP contribution in [0.1, 0.15) is 61.3 Å². The van der Waals surface area contributed by atoms with Crippen molar-refractivity contribution in [2.24, 2.45) is 5.92 Å². The number of hydrogen-bond acceptors (Lipinski definition) is 4. The second kappa shape index (κ2) is 11.8. The van der Waals surface area contributed by atoms with E-state index in [0.29, 0.717) is 19.8 Å². The van der Waals surface area contributed by atoms with Crippen molar-refractivity contribution >= 4 is 5.91 Å². The third kappa shape index (κ3) is 13.2. The van der Waals surface area contributed by atoms with Crippen LogP contribution in [0.15, 0.2) is 0 Å². The van der Waals surface area contributed by atoms with Gasteiger partial charge in [-0.05, 0) is 54.0 Å². The molecule has 0 aromatic heterocycles. The maximum atomic E-state index is 14.2. The summed E-state index contributed by atoms with van der Waals surface area (Å²) in [6.45, 7) is 16.0. The van der Waals surface area contributed by atoms with Gasteiger partial charge >= 0.3 is 0 Å². The highest BCUT2D eigenvalue weighted by Gasteiger charge is 2.30. The highest BCUT2D eigenvalue weighted by molar-refractivity contribution is 5.77. The lowest BCUT2D eigenvalue weighted by atomic mass is 10.0. The first-order valence-corrected chi connectivity index (χ1v) is 9.34. The summed E-state index contributed by atoms with van der Waals surface area (Å²) in [5.74, 6) is -0.292. The van der Waals surface area contributed by atoms with E-state index < -0.39 is 11.8 Å². The summed E-state index contributed by atoms with van der Waals surface area (Å²) in [7, 11) is 0. The first-order valence-electron chi connectivity index (χ1n) is 9.34. The van der Waals surface area contributed by atoms with E-state index in [-0.39, 0.29) is 23.9 Å². The lowest BCUT2D eigenvalue weighted by Crippen LogP contribution is -2.45. The van der Waals surface area contributed by atoms with Crippen molar-refractivity contribution in [2.45, 2.75) is 78.6 Å². The number of rotatable bonds is 13. The monoisotopic (exact) mass is 362 g/mol. The van der Waals surface area contributed by atoms with Crippen LogP contribution in [0.3, 0.4) is 0 Å². The van der Waals surface area contributed by atoms with Crippen molar-refractivity contribution in [3.8, 4) is 0 Å². The van der Waals surface area contributed by atoms with Gasteiger partial charge in [-0.2, -0.15) is 0 Å². The average molecular weight is 363 g/mol. The molecule has 0 bridgehead atoms. The maximum Gasteiger partial charge on any atom is 0.222 e. The number of amides is 1. The highest BCUT2D eigenvalue weighted by atomic mass is 19.1. The van der Waals surface area contributed by atoms with Crippen LogP contribution in [0.2, 0.25) is 0 Å². The number of carbonyl (C=O) groups excluding carboxylic acids is 1. The van der Waals surface area contributed by atoms with Gasteiger partial charge in [-0.3, -0.25) is 4.79 Å². The fraction of sp³-hybridized carbons (Fsp3) is 0.947. The summed E-state index contributed by atoms with van der Waals surface area (Å²) in [6.07, 6.45) is 0.437. The largest absolute Gasteiger partial charge is 0.381 e. The molecule has 0 spiro atoms. The van der Waals surface area contributed by atoms with Gasteiger partial charge in [0.05, 0.1) is 12.1 Å². The molecule has 1 unspecified atom stereocenters. The van der Waals surface area contributed by atoms with E-state index in [0.717, 1.165) is 19.4 Å². The van der Waals surface area contributed by atoms with Crippen molar-refractivity contribution in [1.29, 1.82) is 0 Å². The Labute approximate surface area is 153 Å². The van der Waals surface area contributed by atoms with Crippen LogP contribution < -0.4 is 10.6 Å². The number of nitrogens with one attached hydrogen (secondary N) is 2. The molecule has 25 heavy (non-hydrogen) atoms. The summed E-state index contributed by atoms with van der Waals surface area (Å²) in [5, 5.41) is 6.01. The second-order valence-electron chi connectivity index (χ2n) is 8.32. The number of carbonyl (C=O) groups is 1. The third-order valence-corrected chi connectivity index (χ3v) is 3.76. The molecule has 0 aliphatic carbocycles. The standard InChI is InChI=1S/C19H39FN2O3/c1-15(2)17(23)21-14-16(20)19(6,7)25-13-9-12-24-11-8-10-22-18(3,4)5/h15-16,22H,8-14H2,1-7H3,(H,21,23). The smallest absolute Gasteiger partial charge is 0.222 e. The Morgan fingerprint density at radius 1 is 1.04 bits per heavy atom. The molecule has 0 aliphatic heterocycles. The first kappa shape index (κ1) is 24.3. The topological polar surface area (TPSA) is 59.6 Å². The SMILES string of the molecule is CC(C)C(=O)NCC(F)C(C)(C)OCCCOCCCNC(C)(C)C. The fourth-order valence-electron chi connectivity index (χ4n) is 1.97. The number of hydrogen-bond donors (Lipinski definition) is 2. The Bertz CT molecular complexity index is 368. The minimum atomic E-state index is -1.25. The Hall–Kier alpha value is -0.720. The summed E-state index contributed by atoms with van der Waals surface area (Å²) < 4.78 is 25.4. The molecule has 0 radical (unpaired) electrons. The molecule has 150 valence electrons. The number of alkyl halides is 1. The van der Waals surface area contributed by atoms with Crippen LogP contribution in [0.25, 0.3) is 0 Å². The first-order chi connectivity index (χ1) is 11.5. The quantitative estimate of drug-likeness (QED) is 0.494. The van der Waals surface area contributed by atoms with Gasteiger partial charge < -0.3 is 20.1 Å². The van der Waals surface area contributed by atoms with E-state index in [1.807, 2.05) is 0 Å². The molecule has 6 heteroatoms. The zero-order chi connectivity index (χ0) is 19.5. The van der Waals surface area contributed by atoms with Gasteiger partial charge in [-0.1, -0.05) is 13.8 Å². The Morgan fingerprint density at radius 3 is 2.20 bits per heavy atom. The predicted octanol–water partition coefficient (Wildman–Crippen LogP) is 3.08. The van der Waals surface area contributed by atoms with Gasteiger partial charge in [0, 0.05) is 31.3 Å². The average Bonchev–Trinajstić information content (AvgIpc) is 2.49. The Morgan fingerprint density at radius 2 is 1.64 bits per heavy atom. The van der Waals surface area contributed by atoms with E-state index in [2.05, 4.69) is 31.4 Å². The second-order valence-corrected chi connectivity index (χ2v) is 8.32. The summed E-state index contributed by atoms with van der Waals surface area (Å²) >= 11 is 0. The minimum Gasteiger partial charge on any atom is -0.381 e. The van der Waals surface area contributed by atoms with Crippen molar-refractivity contribution in [3.05, 3.63) is 0 Å². The molecule has 5 nitrogen and oxygen atoms in total. The van der Waals surface area contributed by atoms with Crippen LogP contribution >= 0.6 is 0 Å². The van der Waals surface area contributed by atoms with Crippen molar-refractivity contribution < 1.29 is 18.7 Å². The van der Waals surface area contributed by atoms with Gasteiger partial charge in [0.1, 0.15) is 6.17 Å². The van der Waals surface area contributed by atoms with Gasteiger partial charge in [-0.25, -0.2) is 4.39 Å². The molecule has 0 fully saturated rings. The van der Waals surface area contributed by atoms with Gasteiger partial charge in [0.25, 0.3) is 0 Å². The molecule has 0 heterocycles. The third-order valence-electron chi connectivity index (χ3n) is 3.76. The lowest BCUT2D eigenvalue weighted by molar-refractivity contribution is -0.125. The molecule has 0 aliphatic rings. The molecule has 0 rings (SSSR count). The molecule has 2 N–H and O–H groups in total. The molecular weight excluding hydrogens is 323 g/mol. The van der Waals surface area contributed by atoms with E-state index in [1.54, 1.807) is 27.7 Å². The van der Waals surface area contributed by atoms with E-state index in [4.69, 9.17) is 9.47 Å². The van der Waals surface area contributed by atoms with Crippen LogP contribution in [0, 0.1) is 5.92 Å². The molecule has 0 saturated heterocycles. The van der Waals surface area contributed by atoms with Gasteiger partial charge in [-0.15, -0.1) is 0 Å². The van der Waals surface area contributed by atoms with Crippen LogP contribution in [-0.4, -0.2) is 56.1 Å². The van der Waals surface area contributed by atoms with E-state index in [1.165, 1.54) is 0 Å². The summed E-state index contributed by atoms with van der Waals surface area (Å²) in [6, 6.07) is 0. The van der Waals surface area contributed by atoms with Gasteiger partial charge in [0.2, 0.25) is 5.91 Å². The highest BCUT2D eigenvalue weighted by Crippen LogP contribution is 2.18. The van der Waals surface area contributed by atoms with Crippen molar-refractivity contribution in [3.63, 3.8) is 0 Å². The summed E-state index contributed by atoms with van der Waals surface area (Å²) in [5.41, 5.74) is -0.794. The minimum absolute atomic E-state index is 0.0265. The summed E-state index contributed by atoms with van der Waals surface area (Å²) in [4.78, 5) is 11.5. The maximum absolute atomic E-state index is 14.2. The predicted molar refractivity (Wildman–Crippen MR) is 101 cm³/mol. The normalized spacial score (nSPS) is 14.0.